The van der Waals surface area contributed by atoms with Gasteiger partial charge in [-0.1, -0.05) is 19.1 Å². The summed E-state index contributed by atoms with van der Waals surface area (Å²) in [6, 6.07) is 6.24. The van der Waals surface area contributed by atoms with Crippen molar-refractivity contribution in [2.75, 3.05) is 0 Å². The molecule has 2 heterocycles. The highest BCUT2D eigenvalue weighted by Crippen LogP contribution is 2.09. The molecule has 1 aromatic carbocycles. The molecule has 0 radical (unpaired) electrons. The smallest absolute Gasteiger partial charge is 0.296 e. The zero-order valence-electron chi connectivity index (χ0n) is 12.6. The first kappa shape index (κ1) is 14.4. The van der Waals surface area contributed by atoms with Gasteiger partial charge in [0.25, 0.3) is 5.56 Å². The first-order valence-electron chi connectivity index (χ1n) is 7.28. The third kappa shape index (κ3) is 2.52. The van der Waals surface area contributed by atoms with Crippen LogP contribution >= 0.6 is 0 Å². The van der Waals surface area contributed by atoms with Crippen molar-refractivity contribution in [2.24, 2.45) is 0 Å². The van der Waals surface area contributed by atoms with E-state index in [0.29, 0.717) is 12.2 Å². The molecule has 0 bridgehead atoms. The quantitative estimate of drug-likeness (QED) is 0.743. The van der Waals surface area contributed by atoms with Gasteiger partial charge in [-0.3, -0.25) is 9.20 Å². The molecule has 0 spiro atoms. The fourth-order valence-electron chi connectivity index (χ4n) is 2.63. The van der Waals surface area contributed by atoms with Crippen LogP contribution in [0.4, 0.5) is 4.39 Å². The van der Waals surface area contributed by atoms with Crippen molar-refractivity contribution >= 4 is 5.65 Å². The summed E-state index contributed by atoms with van der Waals surface area (Å²) in [6.07, 6.45) is 3.48. The lowest BCUT2D eigenvalue weighted by Crippen LogP contribution is -2.24. The topological polar surface area (TPSA) is 52.2 Å². The van der Waals surface area contributed by atoms with Gasteiger partial charge in [-0.15, -0.1) is 10.2 Å². The molecule has 0 N–H and O–H groups in total. The number of rotatable bonds is 4. The first-order chi connectivity index (χ1) is 10.6. The summed E-state index contributed by atoms with van der Waals surface area (Å²) in [6.45, 7) is 4.28. The van der Waals surface area contributed by atoms with Gasteiger partial charge in [-0.25, -0.2) is 4.39 Å². The lowest BCUT2D eigenvalue weighted by Gasteiger charge is -2.09. The van der Waals surface area contributed by atoms with Gasteiger partial charge in [0.1, 0.15) is 11.6 Å². The van der Waals surface area contributed by atoms with Crippen molar-refractivity contribution in [2.45, 2.75) is 33.2 Å². The van der Waals surface area contributed by atoms with Gasteiger partial charge in [0.2, 0.25) is 5.65 Å². The number of aryl methyl sites for hydroxylation is 2. The Labute approximate surface area is 127 Å². The van der Waals surface area contributed by atoms with Gasteiger partial charge in [-0.2, -0.15) is 0 Å². The normalized spacial score (nSPS) is 11.2. The van der Waals surface area contributed by atoms with Gasteiger partial charge in [0.05, 0.1) is 6.54 Å². The van der Waals surface area contributed by atoms with Crippen molar-refractivity contribution < 1.29 is 4.39 Å². The number of aromatic nitrogens is 4. The van der Waals surface area contributed by atoms with Crippen molar-refractivity contribution in [1.29, 1.82) is 0 Å². The maximum atomic E-state index is 13.3. The highest BCUT2D eigenvalue weighted by atomic mass is 19.1. The second kappa shape index (κ2) is 5.71. The Morgan fingerprint density at radius 3 is 2.82 bits per heavy atom. The third-order valence-electron chi connectivity index (χ3n) is 3.59. The Bertz CT molecular complexity index is 881. The van der Waals surface area contributed by atoms with Crippen LogP contribution in [-0.2, 0) is 13.0 Å². The van der Waals surface area contributed by atoms with E-state index in [2.05, 4.69) is 17.1 Å². The van der Waals surface area contributed by atoms with Crippen LogP contribution in [0.2, 0.25) is 0 Å². The summed E-state index contributed by atoms with van der Waals surface area (Å²) in [5.41, 5.74) is 1.73. The minimum atomic E-state index is -0.309. The Morgan fingerprint density at radius 1 is 1.27 bits per heavy atom. The molecule has 2 aromatic heterocycles. The maximum absolute atomic E-state index is 13.3. The summed E-state index contributed by atoms with van der Waals surface area (Å²) in [7, 11) is 0. The van der Waals surface area contributed by atoms with E-state index in [1.807, 2.05) is 6.92 Å². The minimum Gasteiger partial charge on any atom is -0.306 e. The number of halogens is 1. The van der Waals surface area contributed by atoms with Gasteiger partial charge in [0.15, 0.2) is 0 Å². The molecule has 6 heteroatoms. The number of benzene rings is 1. The lowest BCUT2D eigenvalue weighted by atomic mass is 10.2. The highest BCUT2D eigenvalue weighted by molar-refractivity contribution is 5.37. The average molecular weight is 300 g/mol. The molecule has 3 rings (SSSR count). The fourth-order valence-corrected chi connectivity index (χ4v) is 2.63. The SMILES string of the molecule is CCCc1nnc2c(=O)n(Cc3cccc(F)c3)cc(C)n12. The van der Waals surface area contributed by atoms with Gasteiger partial charge >= 0.3 is 0 Å². The predicted molar refractivity (Wildman–Crippen MR) is 81.5 cm³/mol. The van der Waals surface area contributed by atoms with Crippen LogP contribution in [-0.4, -0.2) is 19.2 Å². The molecule has 22 heavy (non-hydrogen) atoms. The van der Waals surface area contributed by atoms with Gasteiger partial charge in [0, 0.05) is 18.3 Å². The van der Waals surface area contributed by atoms with Crippen molar-refractivity contribution in [1.82, 2.24) is 19.2 Å². The van der Waals surface area contributed by atoms with E-state index in [0.717, 1.165) is 29.9 Å². The monoisotopic (exact) mass is 300 g/mol. The number of hydrogen-bond donors (Lipinski definition) is 0. The Kier molecular flexibility index (Phi) is 3.75. The largest absolute Gasteiger partial charge is 0.306 e. The van der Waals surface area contributed by atoms with Crippen LogP contribution in [0.25, 0.3) is 5.65 Å². The number of fused-ring (bicyclic) bond motifs is 1. The molecule has 0 aliphatic rings. The molecule has 0 aliphatic heterocycles. The molecule has 5 nitrogen and oxygen atoms in total. The van der Waals surface area contributed by atoms with E-state index >= 15 is 0 Å². The van der Waals surface area contributed by atoms with Crippen molar-refractivity contribution in [3.63, 3.8) is 0 Å². The molecule has 114 valence electrons. The lowest BCUT2D eigenvalue weighted by molar-refractivity contribution is 0.622. The van der Waals surface area contributed by atoms with Crippen LogP contribution in [0.15, 0.2) is 35.3 Å². The second-order valence-corrected chi connectivity index (χ2v) is 5.36. The standard InChI is InChI=1S/C16H17FN4O/c1-3-5-14-18-19-15-16(22)20(9-11(2)21(14)15)10-12-6-4-7-13(17)8-12/h4,6-9H,3,5,10H2,1-2H3. The van der Waals surface area contributed by atoms with Crippen LogP contribution in [0, 0.1) is 12.7 Å². The maximum Gasteiger partial charge on any atom is 0.296 e. The first-order valence-corrected chi connectivity index (χ1v) is 7.28. The van der Waals surface area contributed by atoms with E-state index in [-0.39, 0.29) is 11.4 Å². The molecular weight excluding hydrogens is 283 g/mol. The van der Waals surface area contributed by atoms with Crippen LogP contribution in [0.3, 0.4) is 0 Å². The van der Waals surface area contributed by atoms with Crippen LogP contribution in [0.5, 0.6) is 0 Å². The molecule has 3 aromatic rings. The summed E-state index contributed by atoms with van der Waals surface area (Å²) in [4.78, 5) is 12.5. The van der Waals surface area contributed by atoms with Crippen LogP contribution in [0.1, 0.15) is 30.4 Å². The molecule has 0 atom stereocenters. The minimum absolute atomic E-state index is 0.218. The molecule has 0 fully saturated rings. The third-order valence-corrected chi connectivity index (χ3v) is 3.59. The van der Waals surface area contributed by atoms with E-state index in [1.54, 1.807) is 27.3 Å². The van der Waals surface area contributed by atoms with Gasteiger partial charge in [-0.05, 0) is 31.0 Å². The van der Waals surface area contributed by atoms with E-state index in [4.69, 9.17) is 0 Å². The highest BCUT2D eigenvalue weighted by Gasteiger charge is 2.13. The zero-order chi connectivity index (χ0) is 15.7. The Hall–Kier alpha value is -2.50. The van der Waals surface area contributed by atoms with E-state index < -0.39 is 0 Å². The van der Waals surface area contributed by atoms with Crippen molar-refractivity contribution in [3.8, 4) is 0 Å². The van der Waals surface area contributed by atoms with E-state index in [1.165, 1.54) is 12.1 Å². The summed E-state index contributed by atoms with van der Waals surface area (Å²) >= 11 is 0. The molecule has 0 saturated heterocycles. The summed E-state index contributed by atoms with van der Waals surface area (Å²) < 4.78 is 16.6. The predicted octanol–water partition coefficient (Wildman–Crippen LogP) is 2.34. The molecular formula is C16H17FN4O. The summed E-state index contributed by atoms with van der Waals surface area (Å²) in [5, 5.41) is 8.13. The van der Waals surface area contributed by atoms with Gasteiger partial charge < -0.3 is 4.57 Å². The summed E-state index contributed by atoms with van der Waals surface area (Å²) in [5.74, 6) is 0.487. The Morgan fingerprint density at radius 2 is 2.09 bits per heavy atom. The van der Waals surface area contributed by atoms with Crippen molar-refractivity contribution in [3.05, 3.63) is 63.7 Å². The fraction of sp³-hybridized carbons (Fsp3) is 0.312. The molecule has 0 aliphatic carbocycles. The Balaban J connectivity index is 2.08. The molecule has 0 unspecified atom stereocenters. The average Bonchev–Trinajstić information content (AvgIpc) is 2.89. The van der Waals surface area contributed by atoms with E-state index in [9.17, 15) is 9.18 Å². The molecule has 0 saturated carbocycles. The van der Waals surface area contributed by atoms with Crippen LogP contribution < -0.4 is 5.56 Å². The second-order valence-electron chi connectivity index (χ2n) is 5.36. The zero-order valence-corrected chi connectivity index (χ0v) is 12.6. The number of nitrogens with zero attached hydrogens (tertiary/aromatic N) is 4. The number of hydrogen-bond acceptors (Lipinski definition) is 3. The molecule has 0 amide bonds.